The summed E-state index contributed by atoms with van der Waals surface area (Å²) in [6.07, 6.45) is 1.17. The molecule has 1 aromatic heterocycles. The molecule has 0 bridgehead atoms. The highest BCUT2D eigenvalue weighted by molar-refractivity contribution is 8.00. The predicted octanol–water partition coefficient (Wildman–Crippen LogP) is 3.64. The van der Waals surface area contributed by atoms with E-state index >= 15 is 0 Å². The van der Waals surface area contributed by atoms with Gasteiger partial charge in [0.15, 0.2) is 9.84 Å². The van der Waals surface area contributed by atoms with Gasteiger partial charge in [0.1, 0.15) is 5.82 Å². The minimum atomic E-state index is -3.22. The molecule has 0 saturated carbocycles. The van der Waals surface area contributed by atoms with Gasteiger partial charge in [0.05, 0.1) is 33.0 Å². The number of para-hydroxylation sites is 2. The van der Waals surface area contributed by atoms with Gasteiger partial charge in [-0.1, -0.05) is 24.3 Å². The Bertz CT molecular complexity index is 1040. The molecule has 6 nitrogen and oxygen atoms in total. The van der Waals surface area contributed by atoms with Crippen molar-refractivity contribution in [3.05, 3.63) is 59.9 Å². The highest BCUT2D eigenvalue weighted by atomic mass is 32.2. The fourth-order valence-electron chi connectivity index (χ4n) is 2.81. The third-order valence-electron chi connectivity index (χ3n) is 4.44. The number of carbonyl (C=O) groups excluding carboxylic acids is 1. The first-order chi connectivity index (χ1) is 13.2. The molecule has 2 atom stereocenters. The van der Waals surface area contributed by atoms with E-state index in [1.165, 1.54) is 18.0 Å². The zero-order valence-electron chi connectivity index (χ0n) is 16.0. The summed E-state index contributed by atoms with van der Waals surface area (Å²) < 4.78 is 23.1. The maximum absolute atomic E-state index is 12.3. The lowest BCUT2D eigenvalue weighted by Gasteiger charge is -2.15. The number of thioether (sulfide) groups is 1. The van der Waals surface area contributed by atoms with E-state index in [0.29, 0.717) is 5.75 Å². The molecule has 0 fully saturated rings. The van der Waals surface area contributed by atoms with Crippen molar-refractivity contribution < 1.29 is 13.2 Å². The first-order valence-corrected chi connectivity index (χ1v) is 11.8. The van der Waals surface area contributed by atoms with Crippen LogP contribution in [-0.2, 0) is 14.6 Å². The van der Waals surface area contributed by atoms with Gasteiger partial charge in [-0.05, 0) is 43.7 Å². The maximum Gasteiger partial charge on any atom is 0.230 e. The Labute approximate surface area is 169 Å². The van der Waals surface area contributed by atoms with E-state index in [1.807, 2.05) is 38.1 Å². The Kier molecular flexibility index (Phi) is 6.10. The van der Waals surface area contributed by atoms with Crippen molar-refractivity contribution in [1.29, 1.82) is 0 Å². The number of nitrogens with zero attached hydrogens (tertiary/aromatic N) is 1. The zero-order valence-corrected chi connectivity index (χ0v) is 17.6. The average molecular weight is 418 g/mol. The number of hydrogen-bond acceptors (Lipinski definition) is 5. The van der Waals surface area contributed by atoms with Crippen LogP contribution in [0.5, 0.6) is 0 Å². The highest BCUT2D eigenvalue weighted by Crippen LogP contribution is 2.27. The first kappa shape index (κ1) is 20.4. The second kappa shape index (κ2) is 8.36. The maximum atomic E-state index is 12.3. The van der Waals surface area contributed by atoms with Crippen LogP contribution in [0.1, 0.15) is 36.5 Å². The van der Waals surface area contributed by atoms with Crippen LogP contribution < -0.4 is 5.32 Å². The molecule has 0 aliphatic rings. The van der Waals surface area contributed by atoms with Crippen LogP contribution in [0.4, 0.5) is 0 Å². The average Bonchev–Trinajstić information content (AvgIpc) is 3.10. The second-order valence-electron chi connectivity index (χ2n) is 6.72. The Morgan fingerprint density at radius 2 is 1.82 bits per heavy atom. The number of aromatic amines is 1. The molecule has 0 spiro atoms. The van der Waals surface area contributed by atoms with Gasteiger partial charge in [0, 0.05) is 6.26 Å². The first-order valence-electron chi connectivity index (χ1n) is 8.89. The van der Waals surface area contributed by atoms with Crippen molar-refractivity contribution in [2.45, 2.75) is 30.0 Å². The van der Waals surface area contributed by atoms with Crippen LogP contribution in [0.3, 0.4) is 0 Å². The smallest absolute Gasteiger partial charge is 0.230 e. The van der Waals surface area contributed by atoms with Gasteiger partial charge < -0.3 is 10.3 Å². The Hall–Kier alpha value is -2.32. The lowest BCUT2D eigenvalue weighted by atomic mass is 10.1. The fraction of sp³-hybridized carbons (Fsp3) is 0.300. The van der Waals surface area contributed by atoms with Crippen LogP contribution in [0.15, 0.2) is 53.4 Å². The number of benzene rings is 2. The largest absolute Gasteiger partial charge is 0.349 e. The van der Waals surface area contributed by atoms with Crippen LogP contribution >= 0.6 is 11.8 Å². The van der Waals surface area contributed by atoms with Gasteiger partial charge in [-0.2, -0.15) is 0 Å². The van der Waals surface area contributed by atoms with Gasteiger partial charge in [0.2, 0.25) is 5.91 Å². The number of nitrogens with one attached hydrogen (secondary N) is 2. The minimum Gasteiger partial charge on any atom is -0.349 e. The summed E-state index contributed by atoms with van der Waals surface area (Å²) in [5.74, 6) is 1.08. The van der Waals surface area contributed by atoms with Gasteiger partial charge in [-0.15, -0.1) is 11.8 Å². The molecule has 0 unspecified atom stereocenters. The molecule has 2 N–H and O–H groups in total. The van der Waals surface area contributed by atoms with Crippen LogP contribution in [0.2, 0.25) is 0 Å². The molecule has 0 saturated heterocycles. The number of hydrogen-bond donors (Lipinski definition) is 2. The number of sulfone groups is 1. The minimum absolute atomic E-state index is 0.0579. The summed E-state index contributed by atoms with van der Waals surface area (Å²) in [4.78, 5) is 20.4. The van der Waals surface area contributed by atoms with Crippen molar-refractivity contribution in [2.75, 3.05) is 12.0 Å². The summed E-state index contributed by atoms with van der Waals surface area (Å²) in [5, 5.41) is 3.01. The molecule has 3 rings (SSSR count). The quantitative estimate of drug-likeness (QED) is 0.612. The molecule has 2 aromatic carbocycles. The number of H-pyrrole nitrogens is 1. The van der Waals surface area contributed by atoms with E-state index in [9.17, 15) is 13.2 Å². The third kappa shape index (κ3) is 4.94. The van der Waals surface area contributed by atoms with Crippen molar-refractivity contribution in [3.8, 4) is 0 Å². The van der Waals surface area contributed by atoms with Crippen molar-refractivity contribution in [1.82, 2.24) is 15.3 Å². The van der Waals surface area contributed by atoms with Gasteiger partial charge >= 0.3 is 0 Å². The molecule has 0 aliphatic carbocycles. The van der Waals surface area contributed by atoms with E-state index in [-0.39, 0.29) is 22.1 Å². The standard InChI is InChI=1S/C20H23N3O3S2/c1-13(15-8-10-16(11-9-15)28(3,25)26)21-19(24)12-27-14(2)20-22-17-6-4-5-7-18(17)23-20/h4-11,13-14H,12H2,1-3H3,(H,21,24)(H,22,23)/t13-,14+/m0/s1. The number of imidazole rings is 1. The molecule has 0 radical (unpaired) electrons. The summed E-state index contributed by atoms with van der Waals surface area (Å²) in [6.45, 7) is 3.89. The Balaban J connectivity index is 1.54. The summed E-state index contributed by atoms with van der Waals surface area (Å²) in [5.41, 5.74) is 2.76. The third-order valence-corrected chi connectivity index (χ3v) is 6.72. The van der Waals surface area contributed by atoms with E-state index in [4.69, 9.17) is 0 Å². The number of fused-ring (bicyclic) bond motifs is 1. The number of carbonyl (C=O) groups is 1. The molecule has 1 amide bonds. The number of amides is 1. The van der Waals surface area contributed by atoms with E-state index < -0.39 is 9.84 Å². The summed E-state index contributed by atoms with van der Waals surface area (Å²) in [6, 6.07) is 14.2. The molecular weight excluding hydrogens is 394 g/mol. The Morgan fingerprint density at radius 3 is 2.46 bits per heavy atom. The van der Waals surface area contributed by atoms with Crippen LogP contribution in [-0.4, -0.2) is 36.3 Å². The monoisotopic (exact) mass is 417 g/mol. The SMILES string of the molecule is C[C@H](NC(=O)CS[C@H](C)c1nc2ccccc2[nH]1)c1ccc(S(C)(=O)=O)cc1. The number of rotatable bonds is 7. The molecular formula is C20H23N3O3S2. The lowest BCUT2D eigenvalue weighted by molar-refractivity contribution is -0.119. The zero-order chi connectivity index (χ0) is 20.3. The number of aromatic nitrogens is 2. The summed E-state index contributed by atoms with van der Waals surface area (Å²) >= 11 is 1.51. The van der Waals surface area contributed by atoms with Crippen molar-refractivity contribution in [3.63, 3.8) is 0 Å². The van der Waals surface area contributed by atoms with Crippen LogP contribution in [0.25, 0.3) is 11.0 Å². The van der Waals surface area contributed by atoms with Gasteiger partial charge in [0.25, 0.3) is 0 Å². The molecule has 28 heavy (non-hydrogen) atoms. The summed E-state index contributed by atoms with van der Waals surface area (Å²) in [7, 11) is -3.22. The molecule has 3 aromatic rings. The highest BCUT2D eigenvalue weighted by Gasteiger charge is 2.15. The van der Waals surface area contributed by atoms with Crippen molar-refractivity contribution >= 4 is 38.5 Å². The second-order valence-corrected chi connectivity index (χ2v) is 10.1. The van der Waals surface area contributed by atoms with Crippen LogP contribution in [0, 0.1) is 0 Å². The van der Waals surface area contributed by atoms with E-state index in [2.05, 4.69) is 15.3 Å². The molecule has 0 aliphatic heterocycles. The van der Waals surface area contributed by atoms with Crippen molar-refractivity contribution in [2.24, 2.45) is 0 Å². The van der Waals surface area contributed by atoms with E-state index in [1.54, 1.807) is 24.3 Å². The molecule has 148 valence electrons. The van der Waals surface area contributed by atoms with Gasteiger partial charge in [-0.25, -0.2) is 13.4 Å². The lowest BCUT2D eigenvalue weighted by Crippen LogP contribution is -2.28. The Morgan fingerprint density at radius 1 is 1.14 bits per heavy atom. The topological polar surface area (TPSA) is 91.9 Å². The molecule has 1 heterocycles. The van der Waals surface area contributed by atoms with E-state index in [0.717, 1.165) is 22.4 Å². The normalized spacial score (nSPS) is 14.0. The molecule has 8 heteroatoms. The predicted molar refractivity (Wildman–Crippen MR) is 113 cm³/mol. The fourth-order valence-corrected chi connectivity index (χ4v) is 4.20. The van der Waals surface area contributed by atoms with Gasteiger partial charge in [-0.3, -0.25) is 4.79 Å².